The van der Waals surface area contributed by atoms with Gasteiger partial charge in [-0.2, -0.15) is 0 Å². The molecule has 0 aliphatic heterocycles. The third kappa shape index (κ3) is 11.2. The van der Waals surface area contributed by atoms with Gasteiger partial charge in [0.2, 0.25) is 0 Å². The lowest BCUT2D eigenvalue weighted by Crippen LogP contribution is -2.40. The summed E-state index contributed by atoms with van der Waals surface area (Å²) in [4.78, 5) is 3.97. The van der Waals surface area contributed by atoms with Gasteiger partial charge in [-0.25, -0.2) is 8.96 Å². The summed E-state index contributed by atoms with van der Waals surface area (Å²) in [5.41, 5.74) is 0. The number of hydrogen-bond donors (Lipinski definition) is 2. The van der Waals surface area contributed by atoms with Crippen LogP contribution < -0.4 is 4.57 Å². The number of alkyl halides is 1. The summed E-state index contributed by atoms with van der Waals surface area (Å²) in [7, 11) is 0. The van der Waals surface area contributed by atoms with Gasteiger partial charge in [0.1, 0.15) is 18.9 Å². The van der Waals surface area contributed by atoms with Gasteiger partial charge in [0.05, 0.1) is 18.4 Å². The third-order valence-electron chi connectivity index (χ3n) is 4.63. The average molecular weight is 356 g/mol. The van der Waals surface area contributed by atoms with Gasteiger partial charge in [-0.3, -0.25) is 0 Å². The Morgan fingerprint density at radius 1 is 0.960 bits per heavy atom. The zero-order valence-corrected chi connectivity index (χ0v) is 15.7. The first-order chi connectivity index (χ1) is 12.1. The van der Waals surface area contributed by atoms with E-state index in [1.165, 1.54) is 38.5 Å². The molecule has 3 unspecified atom stereocenters. The van der Waals surface area contributed by atoms with E-state index < -0.39 is 18.4 Å². The van der Waals surface area contributed by atoms with Crippen LogP contribution in [0.15, 0.2) is 24.8 Å². The Bertz CT molecular complexity index is 419. The van der Waals surface area contributed by atoms with Crippen LogP contribution in [0.5, 0.6) is 0 Å². The smallest absolute Gasteiger partial charge is 0.286 e. The molecule has 1 rings (SSSR count). The fourth-order valence-corrected chi connectivity index (χ4v) is 3.02. The van der Waals surface area contributed by atoms with Crippen molar-refractivity contribution in [2.75, 3.05) is 0 Å². The molecule has 144 valence electrons. The number of aromatic nitrogens is 2. The minimum Gasteiger partial charge on any atom is -0.390 e. The van der Waals surface area contributed by atoms with Crippen LogP contribution in [0.25, 0.3) is 0 Å². The van der Waals surface area contributed by atoms with Crippen molar-refractivity contribution in [3.05, 3.63) is 24.8 Å². The van der Waals surface area contributed by atoms with Gasteiger partial charge in [-0.05, 0) is 19.3 Å². The van der Waals surface area contributed by atoms with E-state index in [0.29, 0.717) is 19.4 Å². The average Bonchev–Trinajstić information content (AvgIpc) is 2.62. The van der Waals surface area contributed by atoms with Crippen molar-refractivity contribution in [1.82, 2.24) is 4.98 Å². The van der Waals surface area contributed by atoms with Crippen molar-refractivity contribution in [2.24, 2.45) is 0 Å². The van der Waals surface area contributed by atoms with E-state index in [1.807, 2.05) is 6.20 Å². The Morgan fingerprint density at radius 2 is 1.64 bits per heavy atom. The maximum absolute atomic E-state index is 14.0. The zero-order chi connectivity index (χ0) is 18.3. The van der Waals surface area contributed by atoms with Crippen molar-refractivity contribution < 1.29 is 19.2 Å². The van der Waals surface area contributed by atoms with E-state index in [0.717, 1.165) is 12.8 Å². The van der Waals surface area contributed by atoms with Gasteiger partial charge >= 0.3 is 0 Å². The molecule has 1 heterocycles. The number of halogens is 1. The highest BCUT2D eigenvalue weighted by Gasteiger charge is 2.20. The number of nitrogens with zero attached hydrogens (tertiary/aromatic N) is 2. The number of hydrogen-bond acceptors (Lipinski definition) is 3. The highest BCUT2D eigenvalue weighted by Crippen LogP contribution is 2.16. The Kier molecular flexibility index (Phi) is 12.4. The molecule has 0 saturated heterocycles. The number of unbranched alkanes of at least 4 members (excludes halogenated alkanes) is 7. The zero-order valence-electron chi connectivity index (χ0n) is 15.7. The lowest BCUT2D eigenvalue weighted by atomic mass is 10.0. The molecule has 0 fully saturated rings. The SMILES string of the molecule is CCCCCCCCCCC(O)C(F)CCC(O)C[n+]1cccnc1. The number of rotatable bonds is 15. The highest BCUT2D eigenvalue weighted by atomic mass is 19.1. The highest BCUT2D eigenvalue weighted by molar-refractivity contribution is 4.71. The summed E-state index contributed by atoms with van der Waals surface area (Å²) in [5.74, 6) is 0. The molecular formula is C20H36FN2O2+. The molecule has 0 saturated carbocycles. The van der Waals surface area contributed by atoms with Crippen LogP contribution in [0.2, 0.25) is 0 Å². The van der Waals surface area contributed by atoms with Crippen LogP contribution in [-0.2, 0) is 6.54 Å². The minimum atomic E-state index is -1.25. The van der Waals surface area contributed by atoms with E-state index >= 15 is 0 Å². The summed E-state index contributed by atoms with van der Waals surface area (Å²) < 4.78 is 15.8. The van der Waals surface area contributed by atoms with Crippen molar-refractivity contribution in [1.29, 1.82) is 0 Å². The van der Waals surface area contributed by atoms with Crippen LogP contribution in [0.1, 0.15) is 77.6 Å². The Balaban J connectivity index is 2.04. The topological polar surface area (TPSA) is 57.2 Å². The van der Waals surface area contributed by atoms with Gasteiger partial charge in [-0.15, -0.1) is 0 Å². The first kappa shape index (κ1) is 22.0. The molecule has 2 N–H and O–H groups in total. The van der Waals surface area contributed by atoms with Crippen LogP contribution in [0.4, 0.5) is 4.39 Å². The quantitative estimate of drug-likeness (QED) is 0.372. The summed E-state index contributed by atoms with van der Waals surface area (Å²) in [6.45, 7) is 2.61. The fourth-order valence-electron chi connectivity index (χ4n) is 3.02. The predicted octanol–water partition coefficient (Wildman–Crippen LogP) is 3.74. The van der Waals surface area contributed by atoms with Crippen LogP contribution >= 0.6 is 0 Å². The van der Waals surface area contributed by atoms with Gasteiger partial charge in [0.25, 0.3) is 6.33 Å². The first-order valence-electron chi connectivity index (χ1n) is 9.92. The maximum atomic E-state index is 14.0. The lowest BCUT2D eigenvalue weighted by molar-refractivity contribution is -0.706. The van der Waals surface area contributed by atoms with Crippen molar-refractivity contribution >= 4 is 0 Å². The molecule has 0 bridgehead atoms. The molecule has 0 aliphatic carbocycles. The lowest BCUT2D eigenvalue weighted by Gasteiger charge is -2.17. The van der Waals surface area contributed by atoms with Gasteiger partial charge in [0, 0.05) is 6.07 Å². The number of aliphatic hydroxyl groups excluding tert-OH is 2. The molecule has 1 aromatic rings. The molecule has 4 nitrogen and oxygen atoms in total. The summed E-state index contributed by atoms with van der Waals surface area (Å²) >= 11 is 0. The molecule has 3 atom stereocenters. The van der Waals surface area contributed by atoms with Crippen LogP contribution in [-0.4, -0.2) is 33.6 Å². The Morgan fingerprint density at radius 3 is 2.28 bits per heavy atom. The van der Waals surface area contributed by atoms with Crippen molar-refractivity contribution in [2.45, 2.75) is 102 Å². The second kappa shape index (κ2) is 14.1. The Hall–Kier alpha value is -1.07. The molecule has 25 heavy (non-hydrogen) atoms. The van der Waals surface area contributed by atoms with Crippen LogP contribution in [0.3, 0.4) is 0 Å². The molecular weight excluding hydrogens is 319 g/mol. The summed E-state index contributed by atoms with van der Waals surface area (Å²) in [5, 5.41) is 19.9. The monoisotopic (exact) mass is 355 g/mol. The van der Waals surface area contributed by atoms with Crippen molar-refractivity contribution in [3.63, 3.8) is 0 Å². The summed E-state index contributed by atoms with van der Waals surface area (Å²) in [6, 6.07) is 1.79. The standard InChI is InChI=1S/C20H36FN2O2/c1-2-3-4-5-6-7-8-9-11-20(25)19(21)13-12-18(24)16-23-15-10-14-22-17-23/h10,14-15,17-20,24-25H,2-9,11-13,16H2,1H3/q+1. The van der Waals surface area contributed by atoms with Gasteiger partial charge < -0.3 is 10.2 Å². The molecule has 0 spiro atoms. The largest absolute Gasteiger partial charge is 0.390 e. The fraction of sp³-hybridized carbons (Fsp3) is 0.800. The first-order valence-corrected chi connectivity index (χ1v) is 9.92. The molecule has 0 radical (unpaired) electrons. The molecule has 5 heteroatoms. The van der Waals surface area contributed by atoms with E-state index in [1.54, 1.807) is 23.2 Å². The molecule has 1 aromatic heterocycles. The van der Waals surface area contributed by atoms with E-state index in [-0.39, 0.29) is 6.42 Å². The molecule has 0 aromatic carbocycles. The van der Waals surface area contributed by atoms with Gasteiger partial charge in [-0.1, -0.05) is 63.3 Å². The molecule has 0 amide bonds. The second-order valence-corrected chi connectivity index (χ2v) is 7.03. The van der Waals surface area contributed by atoms with Gasteiger partial charge in [0.15, 0.2) is 0 Å². The van der Waals surface area contributed by atoms with Crippen molar-refractivity contribution in [3.8, 4) is 0 Å². The van der Waals surface area contributed by atoms with E-state index in [4.69, 9.17) is 0 Å². The number of aliphatic hydroxyl groups is 2. The summed E-state index contributed by atoms with van der Waals surface area (Å²) in [6.07, 6.45) is 12.9. The Labute approximate surface area is 152 Å². The van der Waals surface area contributed by atoms with E-state index in [2.05, 4.69) is 11.9 Å². The maximum Gasteiger partial charge on any atom is 0.286 e. The predicted molar refractivity (Wildman–Crippen MR) is 97.8 cm³/mol. The minimum absolute atomic E-state index is 0.195. The van der Waals surface area contributed by atoms with E-state index in [9.17, 15) is 14.6 Å². The molecule has 0 aliphatic rings. The normalized spacial score (nSPS) is 15.0. The van der Waals surface area contributed by atoms with Crippen LogP contribution in [0, 0.1) is 0 Å². The third-order valence-corrected chi connectivity index (χ3v) is 4.63. The second-order valence-electron chi connectivity index (χ2n) is 7.03.